The molecule has 1 heterocycles. The topological polar surface area (TPSA) is 66.9 Å². The third-order valence-electron chi connectivity index (χ3n) is 3.42. The molecule has 1 aliphatic carbocycles. The van der Waals surface area contributed by atoms with Gasteiger partial charge >= 0.3 is 0 Å². The van der Waals surface area contributed by atoms with Crippen LogP contribution in [0.2, 0.25) is 0 Å². The zero-order valence-corrected chi connectivity index (χ0v) is 10.9. The van der Waals surface area contributed by atoms with Crippen molar-refractivity contribution in [2.75, 3.05) is 11.9 Å². The predicted molar refractivity (Wildman–Crippen MR) is 70.5 cm³/mol. The Hall–Kier alpha value is -1.65. The Labute approximate surface area is 107 Å². The van der Waals surface area contributed by atoms with Crippen molar-refractivity contribution >= 4 is 11.7 Å². The van der Waals surface area contributed by atoms with Crippen LogP contribution in [0.3, 0.4) is 0 Å². The van der Waals surface area contributed by atoms with Gasteiger partial charge in [-0.2, -0.15) is 0 Å². The molecule has 1 amide bonds. The van der Waals surface area contributed by atoms with E-state index in [1.165, 1.54) is 19.0 Å². The van der Waals surface area contributed by atoms with Gasteiger partial charge in [-0.15, -0.1) is 0 Å². The molecule has 1 aliphatic rings. The Kier molecular flexibility index (Phi) is 4.12. The number of aromatic nitrogens is 2. The molecular weight excluding hydrogens is 228 g/mol. The number of nitrogens with one attached hydrogen (secondary N) is 2. The average molecular weight is 248 g/mol. The first-order chi connectivity index (χ1) is 8.70. The van der Waals surface area contributed by atoms with E-state index in [1.54, 1.807) is 6.20 Å². The van der Waals surface area contributed by atoms with E-state index in [9.17, 15) is 4.79 Å². The van der Waals surface area contributed by atoms with Crippen LogP contribution in [-0.4, -0.2) is 28.5 Å². The van der Waals surface area contributed by atoms with Gasteiger partial charge in [0, 0.05) is 12.6 Å². The summed E-state index contributed by atoms with van der Waals surface area (Å²) >= 11 is 0. The standard InChI is InChI=1S/C13H20N4O/c1-3-14-12-8-15-11(7-16-12)13(18)17-10-6-4-5-9(10)2/h7-10H,3-6H2,1-2H3,(H,14,16)(H,17,18). The second kappa shape index (κ2) is 5.80. The SMILES string of the molecule is CCNc1cnc(C(=O)NC2CCCC2C)cn1. The fraction of sp³-hybridized carbons (Fsp3) is 0.615. The zero-order valence-electron chi connectivity index (χ0n) is 10.9. The van der Waals surface area contributed by atoms with Gasteiger partial charge in [-0.25, -0.2) is 9.97 Å². The van der Waals surface area contributed by atoms with E-state index in [2.05, 4.69) is 27.5 Å². The van der Waals surface area contributed by atoms with Gasteiger partial charge in [0.1, 0.15) is 11.5 Å². The second-order valence-corrected chi connectivity index (χ2v) is 4.81. The summed E-state index contributed by atoms with van der Waals surface area (Å²) in [5.74, 6) is 1.13. The van der Waals surface area contributed by atoms with Crippen molar-refractivity contribution in [2.24, 2.45) is 5.92 Å². The number of carbonyl (C=O) groups excluding carboxylic acids is 1. The zero-order chi connectivity index (χ0) is 13.0. The Balaban J connectivity index is 1.96. The van der Waals surface area contributed by atoms with Crippen LogP contribution in [-0.2, 0) is 0 Å². The minimum absolute atomic E-state index is 0.121. The first-order valence-electron chi connectivity index (χ1n) is 6.57. The molecule has 0 saturated heterocycles. The van der Waals surface area contributed by atoms with Crippen LogP contribution in [0, 0.1) is 5.92 Å². The molecule has 2 rings (SSSR count). The predicted octanol–water partition coefficient (Wildman–Crippen LogP) is 1.83. The van der Waals surface area contributed by atoms with Crippen molar-refractivity contribution in [3.8, 4) is 0 Å². The van der Waals surface area contributed by atoms with Crippen LogP contribution in [0.4, 0.5) is 5.82 Å². The average Bonchev–Trinajstić information content (AvgIpc) is 2.76. The highest BCUT2D eigenvalue weighted by Crippen LogP contribution is 2.24. The minimum atomic E-state index is -0.121. The molecule has 1 saturated carbocycles. The molecule has 1 aromatic heterocycles. The van der Waals surface area contributed by atoms with Crippen molar-refractivity contribution in [1.82, 2.24) is 15.3 Å². The van der Waals surface area contributed by atoms with Gasteiger partial charge in [-0.1, -0.05) is 13.3 Å². The molecule has 0 bridgehead atoms. The molecule has 2 atom stereocenters. The smallest absolute Gasteiger partial charge is 0.271 e. The third kappa shape index (κ3) is 2.97. The van der Waals surface area contributed by atoms with Crippen LogP contribution in [0.15, 0.2) is 12.4 Å². The highest BCUT2D eigenvalue weighted by molar-refractivity contribution is 5.92. The molecule has 5 nitrogen and oxygen atoms in total. The quantitative estimate of drug-likeness (QED) is 0.853. The Morgan fingerprint density at radius 1 is 1.39 bits per heavy atom. The van der Waals surface area contributed by atoms with E-state index in [0.29, 0.717) is 17.4 Å². The van der Waals surface area contributed by atoms with Gasteiger partial charge in [-0.3, -0.25) is 4.79 Å². The summed E-state index contributed by atoms with van der Waals surface area (Å²) in [6.45, 7) is 4.96. The lowest BCUT2D eigenvalue weighted by molar-refractivity contribution is 0.0924. The monoisotopic (exact) mass is 248 g/mol. The summed E-state index contributed by atoms with van der Waals surface area (Å²) in [6.07, 6.45) is 6.56. The van der Waals surface area contributed by atoms with E-state index >= 15 is 0 Å². The molecule has 5 heteroatoms. The Morgan fingerprint density at radius 3 is 2.78 bits per heavy atom. The number of nitrogens with zero attached hydrogens (tertiary/aromatic N) is 2. The lowest BCUT2D eigenvalue weighted by Gasteiger charge is -2.16. The summed E-state index contributed by atoms with van der Waals surface area (Å²) in [4.78, 5) is 20.3. The van der Waals surface area contributed by atoms with Crippen LogP contribution in [0.5, 0.6) is 0 Å². The number of rotatable bonds is 4. The van der Waals surface area contributed by atoms with E-state index < -0.39 is 0 Å². The van der Waals surface area contributed by atoms with Crippen LogP contribution >= 0.6 is 0 Å². The van der Waals surface area contributed by atoms with E-state index in [-0.39, 0.29) is 11.9 Å². The van der Waals surface area contributed by atoms with Crippen LogP contribution in [0.1, 0.15) is 43.6 Å². The number of anilines is 1. The van der Waals surface area contributed by atoms with Crippen molar-refractivity contribution in [2.45, 2.75) is 39.2 Å². The van der Waals surface area contributed by atoms with E-state index in [0.717, 1.165) is 13.0 Å². The molecule has 0 radical (unpaired) electrons. The number of hydrogen-bond acceptors (Lipinski definition) is 4. The highest BCUT2D eigenvalue weighted by atomic mass is 16.1. The molecule has 0 aromatic carbocycles. The van der Waals surface area contributed by atoms with Crippen LogP contribution in [0.25, 0.3) is 0 Å². The molecule has 98 valence electrons. The molecule has 0 spiro atoms. The van der Waals surface area contributed by atoms with Gasteiger partial charge in [0.25, 0.3) is 5.91 Å². The van der Waals surface area contributed by atoms with Crippen molar-refractivity contribution < 1.29 is 4.79 Å². The second-order valence-electron chi connectivity index (χ2n) is 4.81. The maximum Gasteiger partial charge on any atom is 0.271 e. The number of amides is 1. The van der Waals surface area contributed by atoms with Gasteiger partial charge in [0.2, 0.25) is 0 Å². The minimum Gasteiger partial charge on any atom is -0.369 e. The highest BCUT2D eigenvalue weighted by Gasteiger charge is 2.25. The molecule has 2 unspecified atom stereocenters. The summed E-state index contributed by atoms with van der Waals surface area (Å²) in [5.41, 5.74) is 0.385. The van der Waals surface area contributed by atoms with Crippen molar-refractivity contribution in [1.29, 1.82) is 0 Å². The molecule has 1 aromatic rings. The normalized spacial score (nSPS) is 22.8. The van der Waals surface area contributed by atoms with Gasteiger partial charge in [0.15, 0.2) is 0 Å². The summed E-state index contributed by atoms with van der Waals surface area (Å²) < 4.78 is 0. The van der Waals surface area contributed by atoms with Gasteiger partial charge < -0.3 is 10.6 Å². The Morgan fingerprint density at radius 2 is 2.22 bits per heavy atom. The fourth-order valence-corrected chi connectivity index (χ4v) is 2.32. The summed E-state index contributed by atoms with van der Waals surface area (Å²) in [7, 11) is 0. The lowest BCUT2D eigenvalue weighted by atomic mass is 10.1. The van der Waals surface area contributed by atoms with Gasteiger partial charge in [-0.05, 0) is 25.7 Å². The molecule has 0 aliphatic heterocycles. The first kappa shape index (κ1) is 12.8. The first-order valence-corrected chi connectivity index (χ1v) is 6.57. The van der Waals surface area contributed by atoms with Crippen molar-refractivity contribution in [3.63, 3.8) is 0 Å². The maximum absolute atomic E-state index is 12.0. The summed E-state index contributed by atoms with van der Waals surface area (Å²) in [6, 6.07) is 0.285. The summed E-state index contributed by atoms with van der Waals surface area (Å²) in [5, 5.41) is 6.08. The van der Waals surface area contributed by atoms with E-state index in [4.69, 9.17) is 0 Å². The maximum atomic E-state index is 12.0. The fourth-order valence-electron chi connectivity index (χ4n) is 2.32. The van der Waals surface area contributed by atoms with Crippen LogP contribution < -0.4 is 10.6 Å². The van der Waals surface area contributed by atoms with E-state index in [1.807, 2.05) is 6.92 Å². The number of carbonyl (C=O) groups is 1. The molecular formula is C13H20N4O. The molecule has 2 N–H and O–H groups in total. The largest absolute Gasteiger partial charge is 0.369 e. The number of hydrogen-bond donors (Lipinski definition) is 2. The third-order valence-corrected chi connectivity index (χ3v) is 3.42. The Bertz CT molecular complexity index is 404. The molecule has 1 fully saturated rings. The molecule has 18 heavy (non-hydrogen) atoms. The lowest BCUT2D eigenvalue weighted by Crippen LogP contribution is -2.36. The van der Waals surface area contributed by atoms with Gasteiger partial charge in [0.05, 0.1) is 12.4 Å². The van der Waals surface area contributed by atoms with Crippen molar-refractivity contribution in [3.05, 3.63) is 18.1 Å².